The van der Waals surface area contributed by atoms with Crippen molar-refractivity contribution in [3.63, 3.8) is 0 Å². The number of benzene rings is 3. The Morgan fingerprint density at radius 2 is 1.59 bits per heavy atom. The van der Waals surface area contributed by atoms with Crippen molar-refractivity contribution in [1.29, 1.82) is 0 Å². The van der Waals surface area contributed by atoms with Crippen molar-refractivity contribution in [3.8, 4) is 0 Å². The Morgan fingerprint density at radius 1 is 0.974 bits per heavy atom. The molecule has 0 unspecified atom stereocenters. The standard InChI is InChI=1S/C29H31ClFN3O4S/c1-21(29(36)32-24-9-5-6-10-24)33(19-22-15-17-23(30)18-16-22)28(35)20-34(27-14-8-7-13-26(27)31)39(37,38)25-11-3-2-4-12-25/h2-4,7-8,11-18,21,24H,5-6,9-10,19-20H2,1H3,(H,32,36)/t21-/m1/s1. The van der Waals surface area contributed by atoms with E-state index in [0.717, 1.165) is 36.1 Å². The number of rotatable bonds is 10. The predicted molar refractivity (Wildman–Crippen MR) is 149 cm³/mol. The SMILES string of the molecule is C[C@H](C(=O)NC1CCCC1)N(Cc1ccc(Cl)cc1)C(=O)CN(c1ccccc1F)S(=O)(=O)c1ccccc1. The molecule has 0 bridgehead atoms. The number of hydrogen-bond donors (Lipinski definition) is 1. The number of hydrogen-bond acceptors (Lipinski definition) is 4. The Kier molecular flexibility index (Phi) is 9.24. The molecular formula is C29H31ClFN3O4S. The van der Waals surface area contributed by atoms with Gasteiger partial charge in [0.2, 0.25) is 11.8 Å². The van der Waals surface area contributed by atoms with Gasteiger partial charge in [-0.05, 0) is 61.7 Å². The average molecular weight is 572 g/mol. The Balaban J connectivity index is 1.68. The van der Waals surface area contributed by atoms with E-state index in [2.05, 4.69) is 5.32 Å². The van der Waals surface area contributed by atoms with Gasteiger partial charge in [0.25, 0.3) is 10.0 Å². The molecule has 0 radical (unpaired) electrons. The first-order valence-corrected chi connectivity index (χ1v) is 14.6. The summed E-state index contributed by atoms with van der Waals surface area (Å²) in [7, 11) is -4.32. The van der Waals surface area contributed by atoms with Crippen LogP contribution in [-0.4, -0.2) is 43.8 Å². The van der Waals surface area contributed by atoms with E-state index in [1.54, 1.807) is 49.4 Å². The highest BCUT2D eigenvalue weighted by Crippen LogP contribution is 2.27. The average Bonchev–Trinajstić information content (AvgIpc) is 3.45. The van der Waals surface area contributed by atoms with Crippen LogP contribution in [0.2, 0.25) is 5.02 Å². The van der Waals surface area contributed by atoms with Crippen molar-refractivity contribution in [2.24, 2.45) is 0 Å². The Morgan fingerprint density at radius 3 is 2.23 bits per heavy atom. The number of carbonyl (C=O) groups is 2. The summed E-state index contributed by atoms with van der Waals surface area (Å²) in [6.45, 7) is 0.940. The van der Waals surface area contributed by atoms with Crippen molar-refractivity contribution in [2.45, 2.75) is 56.1 Å². The van der Waals surface area contributed by atoms with Gasteiger partial charge < -0.3 is 10.2 Å². The maximum atomic E-state index is 14.9. The highest BCUT2D eigenvalue weighted by Gasteiger charge is 2.34. The van der Waals surface area contributed by atoms with Crippen LogP contribution in [0.3, 0.4) is 0 Å². The van der Waals surface area contributed by atoms with E-state index in [1.165, 1.54) is 35.2 Å². The number of nitrogens with one attached hydrogen (secondary N) is 1. The first-order valence-electron chi connectivity index (χ1n) is 12.8. The number of nitrogens with zero attached hydrogens (tertiary/aromatic N) is 2. The second kappa shape index (κ2) is 12.6. The van der Waals surface area contributed by atoms with Gasteiger partial charge in [0, 0.05) is 17.6 Å². The number of anilines is 1. The van der Waals surface area contributed by atoms with Gasteiger partial charge in [-0.3, -0.25) is 13.9 Å². The topological polar surface area (TPSA) is 86.8 Å². The fraction of sp³-hybridized carbons (Fsp3) is 0.310. The van der Waals surface area contributed by atoms with Crippen LogP contribution < -0.4 is 9.62 Å². The minimum atomic E-state index is -4.32. The Bertz CT molecular complexity index is 1400. The van der Waals surface area contributed by atoms with E-state index in [0.29, 0.717) is 10.6 Å². The van der Waals surface area contributed by atoms with E-state index in [9.17, 15) is 22.4 Å². The van der Waals surface area contributed by atoms with Crippen molar-refractivity contribution >= 4 is 39.1 Å². The van der Waals surface area contributed by atoms with Gasteiger partial charge in [-0.25, -0.2) is 12.8 Å². The lowest BCUT2D eigenvalue weighted by molar-refractivity contribution is -0.139. The molecule has 206 valence electrons. The van der Waals surface area contributed by atoms with Gasteiger partial charge in [0.05, 0.1) is 10.6 Å². The van der Waals surface area contributed by atoms with E-state index < -0.39 is 34.3 Å². The fourth-order valence-electron chi connectivity index (χ4n) is 4.65. The minimum absolute atomic E-state index is 0.0335. The van der Waals surface area contributed by atoms with Crippen molar-refractivity contribution in [2.75, 3.05) is 10.8 Å². The molecule has 1 atom stereocenters. The van der Waals surface area contributed by atoms with Crippen molar-refractivity contribution in [3.05, 3.63) is 95.3 Å². The number of sulfonamides is 1. The van der Waals surface area contributed by atoms with Crippen LogP contribution in [0.5, 0.6) is 0 Å². The number of para-hydroxylation sites is 1. The summed E-state index contributed by atoms with van der Waals surface area (Å²) in [6.07, 6.45) is 3.81. The molecule has 3 aromatic rings. The van der Waals surface area contributed by atoms with Crippen LogP contribution >= 0.6 is 11.6 Å². The summed E-state index contributed by atoms with van der Waals surface area (Å²) in [4.78, 5) is 28.3. The molecule has 0 heterocycles. The van der Waals surface area contributed by atoms with Gasteiger partial charge >= 0.3 is 0 Å². The number of halogens is 2. The zero-order valence-electron chi connectivity index (χ0n) is 21.6. The zero-order chi connectivity index (χ0) is 28.0. The lowest BCUT2D eigenvalue weighted by atomic mass is 10.1. The molecule has 1 N–H and O–H groups in total. The maximum absolute atomic E-state index is 14.9. The summed E-state index contributed by atoms with van der Waals surface area (Å²) in [5, 5.41) is 3.53. The summed E-state index contributed by atoms with van der Waals surface area (Å²) in [5.41, 5.74) is 0.445. The minimum Gasteiger partial charge on any atom is -0.352 e. The van der Waals surface area contributed by atoms with Gasteiger partial charge in [-0.15, -0.1) is 0 Å². The summed E-state index contributed by atoms with van der Waals surface area (Å²) in [5.74, 6) is -1.77. The quantitative estimate of drug-likeness (QED) is 0.365. The molecule has 1 aliphatic rings. The lowest BCUT2D eigenvalue weighted by Crippen LogP contribution is -2.52. The fourth-order valence-corrected chi connectivity index (χ4v) is 6.22. The Labute approximate surface area is 233 Å². The first-order chi connectivity index (χ1) is 18.7. The van der Waals surface area contributed by atoms with Gasteiger partial charge in [-0.1, -0.05) is 66.9 Å². The summed E-state index contributed by atoms with van der Waals surface area (Å²) >= 11 is 6.03. The van der Waals surface area contributed by atoms with Crippen LogP contribution in [0, 0.1) is 5.82 Å². The van der Waals surface area contributed by atoms with Gasteiger partial charge in [0.15, 0.2) is 0 Å². The van der Waals surface area contributed by atoms with Crippen LogP contribution in [0.25, 0.3) is 0 Å². The predicted octanol–water partition coefficient (Wildman–Crippen LogP) is 5.15. The third-order valence-corrected chi connectivity index (χ3v) is 8.89. The molecule has 0 aliphatic heterocycles. The molecule has 0 saturated heterocycles. The monoisotopic (exact) mass is 571 g/mol. The molecule has 1 fully saturated rings. The molecule has 1 saturated carbocycles. The number of amides is 2. The normalized spacial score (nSPS) is 14.5. The summed E-state index contributed by atoms with van der Waals surface area (Å²) in [6, 6.07) is 18.9. The van der Waals surface area contributed by atoms with Crippen LogP contribution in [0.1, 0.15) is 38.2 Å². The third-order valence-electron chi connectivity index (χ3n) is 6.87. The largest absolute Gasteiger partial charge is 0.352 e. The molecule has 10 heteroatoms. The highest BCUT2D eigenvalue weighted by molar-refractivity contribution is 7.92. The maximum Gasteiger partial charge on any atom is 0.264 e. The van der Waals surface area contributed by atoms with E-state index in [1.807, 2.05) is 0 Å². The van der Waals surface area contributed by atoms with Gasteiger partial charge in [0.1, 0.15) is 18.4 Å². The zero-order valence-corrected chi connectivity index (χ0v) is 23.2. The third kappa shape index (κ3) is 6.96. The Hall–Kier alpha value is -3.43. The smallest absolute Gasteiger partial charge is 0.264 e. The lowest BCUT2D eigenvalue weighted by Gasteiger charge is -2.32. The molecule has 39 heavy (non-hydrogen) atoms. The first kappa shape index (κ1) is 28.6. The second-order valence-corrected chi connectivity index (χ2v) is 11.9. The van der Waals surface area contributed by atoms with Crippen LogP contribution in [-0.2, 0) is 26.2 Å². The molecule has 0 spiro atoms. The van der Waals surface area contributed by atoms with Crippen molar-refractivity contribution < 1.29 is 22.4 Å². The molecule has 1 aliphatic carbocycles. The molecule has 2 amide bonds. The second-order valence-electron chi connectivity index (χ2n) is 9.59. The van der Waals surface area contributed by atoms with E-state index in [4.69, 9.17) is 11.6 Å². The molecule has 7 nitrogen and oxygen atoms in total. The van der Waals surface area contributed by atoms with Gasteiger partial charge in [-0.2, -0.15) is 0 Å². The molecule has 0 aromatic heterocycles. The van der Waals surface area contributed by atoms with Crippen LogP contribution in [0.15, 0.2) is 83.8 Å². The van der Waals surface area contributed by atoms with E-state index in [-0.39, 0.29) is 29.1 Å². The number of carbonyl (C=O) groups excluding carboxylic acids is 2. The summed E-state index contributed by atoms with van der Waals surface area (Å²) < 4.78 is 43.0. The van der Waals surface area contributed by atoms with Crippen molar-refractivity contribution in [1.82, 2.24) is 10.2 Å². The molecule has 4 rings (SSSR count). The molecule has 3 aromatic carbocycles. The highest BCUT2D eigenvalue weighted by atomic mass is 35.5. The molecular weight excluding hydrogens is 541 g/mol. The van der Waals surface area contributed by atoms with Crippen LogP contribution in [0.4, 0.5) is 10.1 Å². The van der Waals surface area contributed by atoms with E-state index >= 15 is 0 Å².